The topological polar surface area (TPSA) is 80.2 Å². The molecule has 1 amide bonds. The number of allylic oxidation sites excluding steroid dienone is 1. The first-order chi connectivity index (χ1) is 18.2. The number of esters is 1. The molecular weight excluding hydrogens is 519 g/mol. The van der Waals surface area contributed by atoms with Crippen LogP contribution in [0.2, 0.25) is 0 Å². The van der Waals surface area contributed by atoms with Gasteiger partial charge in [-0.3, -0.25) is 4.79 Å². The highest BCUT2D eigenvalue weighted by molar-refractivity contribution is 8.16. The fourth-order valence-electron chi connectivity index (χ4n) is 4.32. The van der Waals surface area contributed by atoms with Gasteiger partial charge in [-0.1, -0.05) is 43.0 Å². The number of hydrogen-bond donors (Lipinski definition) is 1. The summed E-state index contributed by atoms with van der Waals surface area (Å²) in [6.45, 7) is 1.84. The largest absolute Gasteiger partial charge is 0.497 e. The van der Waals surface area contributed by atoms with E-state index in [1.807, 2.05) is 30.0 Å². The first-order valence-electron chi connectivity index (χ1n) is 11.8. The van der Waals surface area contributed by atoms with Crippen molar-refractivity contribution in [1.82, 2.24) is 10.2 Å². The lowest BCUT2D eigenvalue weighted by Gasteiger charge is -2.36. The van der Waals surface area contributed by atoms with Crippen LogP contribution in [0.5, 0.6) is 5.75 Å². The first-order valence-corrected chi connectivity index (χ1v) is 12.7. The fraction of sp³-hybridized carbons (Fsp3) is 0.296. The number of alkyl halides is 3. The van der Waals surface area contributed by atoms with Crippen molar-refractivity contribution in [1.29, 1.82) is 0 Å². The number of nitrogens with zero attached hydrogens (tertiary/aromatic N) is 2. The highest BCUT2D eigenvalue weighted by Gasteiger charge is 2.41. The molecule has 0 aromatic heterocycles. The van der Waals surface area contributed by atoms with Gasteiger partial charge in [0.2, 0.25) is 5.91 Å². The van der Waals surface area contributed by atoms with Crippen LogP contribution in [-0.4, -0.2) is 36.2 Å². The number of methoxy groups -OCH3 is 2. The number of carbonyl (C=O) groups is 2. The second-order valence-electron chi connectivity index (χ2n) is 8.53. The molecule has 0 spiro atoms. The Labute approximate surface area is 222 Å². The van der Waals surface area contributed by atoms with Crippen molar-refractivity contribution >= 4 is 28.8 Å². The molecule has 1 atom stereocenters. The van der Waals surface area contributed by atoms with Crippen molar-refractivity contribution in [2.45, 2.75) is 38.5 Å². The summed E-state index contributed by atoms with van der Waals surface area (Å²) in [5, 5.41) is 5.10. The van der Waals surface area contributed by atoms with Gasteiger partial charge in [-0.25, -0.2) is 9.79 Å². The molecule has 7 nitrogen and oxygen atoms in total. The van der Waals surface area contributed by atoms with E-state index in [4.69, 9.17) is 9.47 Å². The minimum atomic E-state index is -4.47. The third kappa shape index (κ3) is 5.72. The molecule has 2 aliphatic rings. The minimum absolute atomic E-state index is 0.0588. The van der Waals surface area contributed by atoms with Crippen molar-refractivity contribution < 1.29 is 32.2 Å². The van der Waals surface area contributed by atoms with Gasteiger partial charge in [0.05, 0.1) is 43.5 Å². The van der Waals surface area contributed by atoms with Crippen molar-refractivity contribution in [3.05, 3.63) is 87.6 Å². The van der Waals surface area contributed by atoms with Gasteiger partial charge in [0.15, 0.2) is 5.17 Å². The second kappa shape index (κ2) is 11.3. The summed E-state index contributed by atoms with van der Waals surface area (Å²) in [5.74, 6) is -0.308. The number of ether oxygens (including phenoxy) is 2. The number of aliphatic imine (C=N–C) groups is 1. The van der Waals surface area contributed by atoms with Crippen LogP contribution in [0.3, 0.4) is 0 Å². The van der Waals surface area contributed by atoms with Crippen LogP contribution in [0.4, 0.5) is 13.2 Å². The van der Waals surface area contributed by atoms with Crippen molar-refractivity contribution in [3.63, 3.8) is 0 Å². The number of fused-ring (bicyclic) bond motifs is 1. The monoisotopic (exact) mass is 545 g/mol. The second-order valence-corrected chi connectivity index (χ2v) is 9.36. The standard InChI is InChI=1S/C27H26F3N3O4S/c1-4-21-23(25(35)37-3)24(17-8-6-10-20(12-17)36-2)33-19(15-38-26(33)32-21)13-22(34)31-14-16-7-5-9-18(11-16)27(28,29)30/h5-12,15,24H,4,13-14H2,1-3H3,(H,31,34)/t24-/m1/s1. The number of nitrogens with one attached hydrogen (secondary N) is 1. The smallest absolute Gasteiger partial charge is 0.416 e. The van der Waals surface area contributed by atoms with Crippen molar-refractivity contribution in [3.8, 4) is 5.75 Å². The first kappa shape index (κ1) is 27.3. The van der Waals surface area contributed by atoms with Gasteiger partial charge in [0, 0.05) is 12.2 Å². The molecule has 2 aromatic carbocycles. The summed E-state index contributed by atoms with van der Waals surface area (Å²) < 4.78 is 49.6. The number of hydrogen-bond acceptors (Lipinski definition) is 7. The van der Waals surface area contributed by atoms with Crippen LogP contribution >= 0.6 is 11.8 Å². The molecule has 0 radical (unpaired) electrons. The van der Waals surface area contributed by atoms with Crippen molar-refractivity contribution in [2.24, 2.45) is 4.99 Å². The molecular formula is C27H26F3N3O4S. The average Bonchev–Trinajstić information content (AvgIpc) is 3.32. The summed E-state index contributed by atoms with van der Waals surface area (Å²) >= 11 is 1.34. The van der Waals surface area contributed by atoms with E-state index in [2.05, 4.69) is 10.3 Å². The molecule has 38 heavy (non-hydrogen) atoms. The normalized spacial score (nSPS) is 17.0. The van der Waals surface area contributed by atoms with Crippen LogP contribution in [-0.2, 0) is 27.0 Å². The number of benzene rings is 2. The van der Waals surface area contributed by atoms with E-state index < -0.39 is 23.8 Å². The maximum Gasteiger partial charge on any atom is 0.416 e. The van der Waals surface area contributed by atoms with E-state index in [1.54, 1.807) is 18.6 Å². The molecule has 0 saturated carbocycles. The third-order valence-corrected chi connectivity index (χ3v) is 7.01. The van der Waals surface area contributed by atoms with E-state index in [0.29, 0.717) is 39.9 Å². The highest BCUT2D eigenvalue weighted by Crippen LogP contribution is 2.45. The maximum absolute atomic E-state index is 13.0. The molecule has 1 N–H and O–H groups in total. The summed E-state index contributed by atoms with van der Waals surface area (Å²) in [6.07, 6.45) is -4.04. The Morgan fingerprint density at radius 2 is 1.89 bits per heavy atom. The molecule has 200 valence electrons. The number of amidine groups is 1. The lowest BCUT2D eigenvalue weighted by atomic mass is 9.92. The molecule has 4 rings (SSSR count). The van der Waals surface area contributed by atoms with E-state index in [1.165, 1.54) is 31.0 Å². The predicted molar refractivity (Wildman–Crippen MR) is 138 cm³/mol. The van der Waals surface area contributed by atoms with Crippen LogP contribution in [0.15, 0.2) is 75.9 Å². The Balaban J connectivity index is 1.59. The quantitative estimate of drug-likeness (QED) is 0.438. The molecule has 0 saturated heterocycles. The molecule has 11 heteroatoms. The zero-order valence-corrected chi connectivity index (χ0v) is 21.8. The molecule has 0 aliphatic carbocycles. The van der Waals surface area contributed by atoms with Crippen molar-refractivity contribution in [2.75, 3.05) is 14.2 Å². The number of carbonyl (C=O) groups excluding carboxylic acids is 2. The maximum atomic E-state index is 13.0. The SMILES string of the molecule is CCC1=C(C(=O)OC)[C@@H](c2cccc(OC)c2)N2C(CC(=O)NCc3cccc(C(F)(F)F)c3)=CSC2=N1. The molecule has 2 aliphatic heterocycles. The highest BCUT2D eigenvalue weighted by atomic mass is 32.2. The van der Waals surface area contributed by atoms with Gasteiger partial charge < -0.3 is 19.7 Å². The molecule has 2 aromatic rings. The van der Waals surface area contributed by atoms with E-state index in [0.717, 1.165) is 17.7 Å². The Morgan fingerprint density at radius 3 is 2.58 bits per heavy atom. The van der Waals surface area contributed by atoms with Crippen LogP contribution in [0.25, 0.3) is 0 Å². The zero-order valence-electron chi connectivity index (χ0n) is 21.0. The Hall–Kier alpha value is -3.73. The lowest BCUT2D eigenvalue weighted by Crippen LogP contribution is -2.38. The van der Waals surface area contributed by atoms with E-state index in [9.17, 15) is 22.8 Å². The number of rotatable bonds is 8. The molecule has 0 bridgehead atoms. The van der Waals surface area contributed by atoms with Gasteiger partial charge in [0.25, 0.3) is 0 Å². The van der Waals surface area contributed by atoms with Gasteiger partial charge in [-0.2, -0.15) is 13.2 Å². The Bertz CT molecular complexity index is 1340. The number of thioether (sulfide) groups is 1. The van der Waals surface area contributed by atoms with Crippen LogP contribution < -0.4 is 10.1 Å². The summed E-state index contributed by atoms with van der Waals surface area (Å²) in [5.41, 5.74) is 1.86. The molecule has 0 unspecified atom stereocenters. The third-order valence-electron chi connectivity index (χ3n) is 6.12. The fourth-order valence-corrected chi connectivity index (χ4v) is 5.26. The van der Waals surface area contributed by atoms with Crippen LogP contribution in [0.1, 0.15) is 42.5 Å². The summed E-state index contributed by atoms with van der Waals surface area (Å²) in [7, 11) is 2.86. The van der Waals surface area contributed by atoms with E-state index in [-0.39, 0.29) is 18.9 Å². The van der Waals surface area contributed by atoms with Gasteiger partial charge >= 0.3 is 12.1 Å². The Morgan fingerprint density at radius 1 is 1.13 bits per heavy atom. The lowest BCUT2D eigenvalue weighted by molar-refractivity contribution is -0.138. The number of amides is 1. The number of halogens is 3. The minimum Gasteiger partial charge on any atom is -0.497 e. The summed E-state index contributed by atoms with van der Waals surface area (Å²) in [6, 6.07) is 11.5. The average molecular weight is 546 g/mol. The zero-order chi connectivity index (χ0) is 27.4. The summed E-state index contributed by atoms with van der Waals surface area (Å²) in [4.78, 5) is 32.4. The van der Waals surface area contributed by atoms with Crippen LogP contribution in [0, 0.1) is 0 Å². The molecule has 2 heterocycles. The van der Waals surface area contributed by atoms with Gasteiger partial charge in [-0.05, 0) is 47.2 Å². The van der Waals surface area contributed by atoms with E-state index >= 15 is 0 Å². The van der Waals surface area contributed by atoms with Gasteiger partial charge in [0.1, 0.15) is 5.75 Å². The molecule has 0 fully saturated rings. The predicted octanol–water partition coefficient (Wildman–Crippen LogP) is 5.56. The Kier molecular flexibility index (Phi) is 8.15. The van der Waals surface area contributed by atoms with Gasteiger partial charge in [-0.15, -0.1) is 0 Å².